The van der Waals surface area contributed by atoms with Gasteiger partial charge in [0.2, 0.25) is 0 Å². The maximum atomic E-state index is 13.6. The molecule has 0 saturated carbocycles. The highest BCUT2D eigenvalue weighted by Crippen LogP contribution is 2.33. The SMILES string of the molecule is CCOC(=O)N[C@@](ON=C(N)c1ccccc1)(C(=O)OCC)C(F)(F)F. The second-order valence-electron chi connectivity index (χ2n) is 4.68. The lowest BCUT2D eigenvalue weighted by molar-refractivity contribution is -0.285. The van der Waals surface area contributed by atoms with Crippen molar-refractivity contribution in [2.45, 2.75) is 25.7 Å². The highest BCUT2D eigenvalue weighted by Gasteiger charge is 2.67. The monoisotopic (exact) mass is 377 g/mol. The van der Waals surface area contributed by atoms with Gasteiger partial charge < -0.3 is 20.0 Å². The van der Waals surface area contributed by atoms with Crippen LogP contribution in [0.3, 0.4) is 0 Å². The Labute approximate surface area is 147 Å². The number of amides is 1. The average Bonchev–Trinajstić information content (AvgIpc) is 2.58. The van der Waals surface area contributed by atoms with E-state index in [0.717, 1.165) is 0 Å². The second kappa shape index (κ2) is 8.92. The number of nitrogens with two attached hydrogens (primary N) is 1. The number of halogens is 3. The van der Waals surface area contributed by atoms with Gasteiger partial charge in [-0.15, -0.1) is 0 Å². The summed E-state index contributed by atoms with van der Waals surface area (Å²) in [7, 11) is 0. The van der Waals surface area contributed by atoms with Gasteiger partial charge in [-0.05, 0) is 13.8 Å². The van der Waals surface area contributed by atoms with Crippen molar-refractivity contribution in [1.82, 2.24) is 5.32 Å². The number of alkyl halides is 3. The molecular weight excluding hydrogens is 359 g/mol. The van der Waals surface area contributed by atoms with Gasteiger partial charge in [0.15, 0.2) is 5.84 Å². The zero-order valence-electron chi connectivity index (χ0n) is 14.0. The standard InChI is InChI=1S/C15H18F3N3O5/c1-3-24-12(22)14(15(16,17)18,20-13(23)25-4-2)26-21-11(19)10-8-6-5-7-9-10/h5-9H,3-4H2,1-2H3,(H2,19,21)(H,20,23)/t14-/m1/s1. The van der Waals surface area contributed by atoms with Gasteiger partial charge in [0.05, 0.1) is 13.2 Å². The van der Waals surface area contributed by atoms with E-state index in [0.29, 0.717) is 0 Å². The van der Waals surface area contributed by atoms with Crippen molar-refractivity contribution >= 4 is 17.9 Å². The van der Waals surface area contributed by atoms with Gasteiger partial charge in [-0.2, -0.15) is 13.2 Å². The number of hydrogen-bond acceptors (Lipinski definition) is 6. The Hall–Kier alpha value is -2.98. The molecule has 0 aliphatic rings. The van der Waals surface area contributed by atoms with E-state index in [-0.39, 0.29) is 12.2 Å². The molecule has 11 heteroatoms. The minimum absolute atomic E-state index is 0.238. The summed E-state index contributed by atoms with van der Waals surface area (Å²) in [6.07, 6.45) is -6.97. The molecule has 0 aliphatic heterocycles. The van der Waals surface area contributed by atoms with Gasteiger partial charge >= 0.3 is 24.0 Å². The molecule has 0 bridgehead atoms. The van der Waals surface area contributed by atoms with Gasteiger partial charge in [0.1, 0.15) is 0 Å². The summed E-state index contributed by atoms with van der Waals surface area (Å²) in [5.74, 6) is -2.38. The van der Waals surface area contributed by atoms with E-state index in [1.807, 2.05) is 0 Å². The maximum Gasteiger partial charge on any atom is 0.463 e. The molecule has 1 atom stereocenters. The minimum Gasteiger partial charge on any atom is -0.461 e. The maximum absolute atomic E-state index is 13.6. The van der Waals surface area contributed by atoms with Crippen molar-refractivity contribution in [3.8, 4) is 0 Å². The Kier molecular flexibility index (Phi) is 7.23. The molecule has 0 aromatic heterocycles. The summed E-state index contributed by atoms with van der Waals surface area (Å²) in [6.45, 7) is 2.01. The highest BCUT2D eigenvalue weighted by atomic mass is 19.4. The molecule has 0 aliphatic carbocycles. The fourth-order valence-electron chi connectivity index (χ4n) is 1.67. The molecule has 0 radical (unpaired) electrons. The number of carbonyl (C=O) groups is 2. The minimum atomic E-state index is -5.42. The largest absolute Gasteiger partial charge is 0.463 e. The topological polar surface area (TPSA) is 112 Å². The van der Waals surface area contributed by atoms with Crippen LogP contribution in [0, 0.1) is 0 Å². The van der Waals surface area contributed by atoms with Crippen LogP contribution in [0.5, 0.6) is 0 Å². The Morgan fingerprint density at radius 3 is 2.19 bits per heavy atom. The number of esters is 1. The molecule has 0 unspecified atom stereocenters. The first kappa shape index (κ1) is 21.1. The molecule has 1 aromatic carbocycles. The third-order valence-corrected chi connectivity index (χ3v) is 2.87. The summed E-state index contributed by atoms with van der Waals surface area (Å²) in [5.41, 5.74) is 1.89. The van der Waals surface area contributed by atoms with Crippen LogP contribution < -0.4 is 11.1 Å². The number of alkyl carbamates (subject to hydrolysis) is 1. The summed E-state index contributed by atoms with van der Waals surface area (Å²) < 4.78 is 49.6. The number of amidine groups is 1. The van der Waals surface area contributed by atoms with Crippen LogP contribution in [-0.2, 0) is 19.1 Å². The predicted molar refractivity (Wildman–Crippen MR) is 83.8 cm³/mol. The van der Waals surface area contributed by atoms with E-state index in [1.54, 1.807) is 18.2 Å². The molecule has 0 saturated heterocycles. The molecule has 0 fully saturated rings. The molecule has 144 valence electrons. The number of nitrogens with zero attached hydrogens (tertiary/aromatic N) is 1. The number of nitrogens with one attached hydrogen (secondary N) is 1. The number of ether oxygens (including phenoxy) is 2. The Balaban J connectivity index is 3.28. The van der Waals surface area contributed by atoms with Crippen LogP contribution in [0.25, 0.3) is 0 Å². The number of rotatable bonds is 7. The van der Waals surface area contributed by atoms with Crippen LogP contribution in [0.4, 0.5) is 18.0 Å². The summed E-state index contributed by atoms with van der Waals surface area (Å²) in [6, 6.07) is 7.70. The lowest BCUT2D eigenvalue weighted by Crippen LogP contribution is -2.65. The van der Waals surface area contributed by atoms with Crippen molar-refractivity contribution in [2.75, 3.05) is 13.2 Å². The Morgan fingerprint density at radius 1 is 1.12 bits per heavy atom. The number of carbonyl (C=O) groups excluding carboxylic acids is 2. The van der Waals surface area contributed by atoms with Crippen molar-refractivity contribution in [1.29, 1.82) is 0 Å². The summed E-state index contributed by atoms with van der Waals surface area (Å²) in [5, 5.41) is 4.47. The van der Waals surface area contributed by atoms with Crippen molar-refractivity contribution in [3.63, 3.8) is 0 Å². The summed E-state index contributed by atoms with van der Waals surface area (Å²) in [4.78, 5) is 27.9. The molecule has 0 spiro atoms. The van der Waals surface area contributed by atoms with Gasteiger partial charge in [-0.3, -0.25) is 5.32 Å². The van der Waals surface area contributed by atoms with Crippen LogP contribution in [0.15, 0.2) is 35.5 Å². The van der Waals surface area contributed by atoms with Gasteiger partial charge in [0.25, 0.3) is 0 Å². The molecule has 3 N–H and O–H groups in total. The van der Waals surface area contributed by atoms with Gasteiger partial charge in [-0.25, -0.2) is 9.59 Å². The van der Waals surface area contributed by atoms with Crippen LogP contribution >= 0.6 is 0 Å². The van der Waals surface area contributed by atoms with Crippen molar-refractivity contribution < 1.29 is 37.1 Å². The number of oxime groups is 1. The van der Waals surface area contributed by atoms with Crippen LogP contribution in [-0.4, -0.2) is 43.0 Å². The van der Waals surface area contributed by atoms with Crippen molar-refractivity contribution in [3.05, 3.63) is 35.9 Å². The Bertz CT molecular complexity index is 652. The lowest BCUT2D eigenvalue weighted by atomic mass is 10.2. The highest BCUT2D eigenvalue weighted by molar-refractivity contribution is 5.97. The van der Waals surface area contributed by atoms with E-state index in [4.69, 9.17) is 5.73 Å². The van der Waals surface area contributed by atoms with Crippen LogP contribution in [0.2, 0.25) is 0 Å². The normalized spacial score (nSPS) is 14.1. The lowest BCUT2D eigenvalue weighted by Gasteiger charge is -2.30. The predicted octanol–water partition coefficient (Wildman–Crippen LogP) is 1.89. The average molecular weight is 377 g/mol. The number of benzene rings is 1. The fraction of sp³-hybridized carbons (Fsp3) is 0.400. The first-order chi connectivity index (χ1) is 12.2. The van der Waals surface area contributed by atoms with E-state index in [2.05, 4.69) is 19.5 Å². The quantitative estimate of drug-likeness (QED) is 0.247. The van der Waals surface area contributed by atoms with Crippen LogP contribution in [0.1, 0.15) is 19.4 Å². The fourth-order valence-corrected chi connectivity index (χ4v) is 1.67. The molecule has 1 rings (SSSR count). The molecule has 26 heavy (non-hydrogen) atoms. The van der Waals surface area contributed by atoms with E-state index in [1.165, 1.54) is 31.3 Å². The Morgan fingerprint density at radius 2 is 1.69 bits per heavy atom. The van der Waals surface area contributed by atoms with Gasteiger partial charge in [-0.1, -0.05) is 35.5 Å². The molecule has 0 heterocycles. The smallest absolute Gasteiger partial charge is 0.461 e. The van der Waals surface area contributed by atoms with Gasteiger partial charge in [0, 0.05) is 5.56 Å². The van der Waals surface area contributed by atoms with E-state index < -0.39 is 36.4 Å². The molecule has 8 nitrogen and oxygen atoms in total. The zero-order valence-corrected chi connectivity index (χ0v) is 14.0. The summed E-state index contributed by atoms with van der Waals surface area (Å²) >= 11 is 0. The third-order valence-electron chi connectivity index (χ3n) is 2.87. The first-order valence-corrected chi connectivity index (χ1v) is 7.43. The second-order valence-corrected chi connectivity index (χ2v) is 4.68. The molecule has 1 aromatic rings. The first-order valence-electron chi connectivity index (χ1n) is 7.43. The molecular formula is C15H18F3N3O5. The molecule has 1 amide bonds. The number of hydrogen-bond donors (Lipinski definition) is 2. The van der Waals surface area contributed by atoms with E-state index in [9.17, 15) is 22.8 Å². The third kappa shape index (κ3) is 5.01. The van der Waals surface area contributed by atoms with Crippen molar-refractivity contribution in [2.24, 2.45) is 10.9 Å². The van der Waals surface area contributed by atoms with E-state index >= 15 is 0 Å². The zero-order chi connectivity index (χ0) is 19.8.